The van der Waals surface area contributed by atoms with E-state index in [1.165, 1.54) is 11.8 Å². The molecule has 1 saturated carbocycles. The van der Waals surface area contributed by atoms with Crippen molar-refractivity contribution >= 4 is 40.8 Å². The molecule has 0 aromatic heterocycles. The smallest absolute Gasteiger partial charge is 0.260 e. The number of Topliss-reactive ketones (excluding diaryl/α,β-unsaturated/α-hetero) is 1. The number of hydrogen-bond acceptors (Lipinski definition) is 8. The van der Waals surface area contributed by atoms with Gasteiger partial charge in [0.2, 0.25) is 11.8 Å². The first-order valence-corrected chi connectivity index (χ1v) is 18.2. The van der Waals surface area contributed by atoms with Crippen molar-refractivity contribution in [1.29, 1.82) is 0 Å². The number of benzene rings is 4. The first-order chi connectivity index (χ1) is 26.1. The van der Waals surface area contributed by atoms with E-state index in [-0.39, 0.29) is 36.2 Å². The molecule has 3 fully saturated rings. The van der Waals surface area contributed by atoms with Crippen LogP contribution in [0.3, 0.4) is 0 Å². The number of phenols is 1. The van der Waals surface area contributed by atoms with Gasteiger partial charge in [-0.1, -0.05) is 59.7 Å². The molecule has 270 valence electrons. The summed E-state index contributed by atoms with van der Waals surface area (Å²) in [6, 6.07) is 28.1. The Labute approximate surface area is 311 Å². The van der Waals surface area contributed by atoms with E-state index >= 15 is 4.79 Å². The molecule has 3 heterocycles. The van der Waals surface area contributed by atoms with Crippen LogP contribution in [0, 0.1) is 36.5 Å². The molecular weight excluding hydrogens is 682 g/mol. The highest BCUT2D eigenvalue weighted by atomic mass is 16.5. The maximum absolute atomic E-state index is 15.4. The highest BCUT2D eigenvalue weighted by Gasteiger charge is 2.70. The van der Waals surface area contributed by atoms with Crippen LogP contribution in [0.15, 0.2) is 121 Å². The van der Waals surface area contributed by atoms with Crippen molar-refractivity contribution in [3.05, 3.63) is 143 Å². The van der Waals surface area contributed by atoms with Crippen molar-refractivity contribution in [3.8, 4) is 11.5 Å². The van der Waals surface area contributed by atoms with Crippen LogP contribution in [-0.2, 0) is 31.0 Å². The molecule has 4 amide bonds. The van der Waals surface area contributed by atoms with Gasteiger partial charge in [0.05, 0.1) is 40.8 Å². The van der Waals surface area contributed by atoms with Gasteiger partial charge in [-0.3, -0.25) is 34.3 Å². The summed E-state index contributed by atoms with van der Waals surface area (Å²) in [5.74, 6) is -4.62. The number of imide groups is 2. The van der Waals surface area contributed by atoms with Crippen LogP contribution < -0.4 is 15.1 Å². The number of rotatable bonds is 6. The molecule has 10 nitrogen and oxygen atoms in total. The molecule has 2 aliphatic carbocycles. The number of amides is 4. The fourth-order valence-corrected chi connectivity index (χ4v) is 9.66. The van der Waals surface area contributed by atoms with Gasteiger partial charge in [-0.15, -0.1) is 0 Å². The van der Waals surface area contributed by atoms with Gasteiger partial charge in [0.1, 0.15) is 11.5 Å². The van der Waals surface area contributed by atoms with E-state index in [9.17, 15) is 24.3 Å². The van der Waals surface area contributed by atoms with Crippen LogP contribution >= 0.6 is 0 Å². The molecule has 54 heavy (non-hydrogen) atoms. The monoisotopic (exact) mass is 719 g/mol. The molecule has 0 spiro atoms. The summed E-state index contributed by atoms with van der Waals surface area (Å²) in [6.45, 7) is 3.41. The number of hydrogen-bond donors (Lipinski definition) is 2. The summed E-state index contributed by atoms with van der Waals surface area (Å²) in [7, 11) is 0. The van der Waals surface area contributed by atoms with E-state index in [2.05, 4.69) is 5.43 Å². The number of allylic oxidation sites excluding steroid dienone is 3. The maximum atomic E-state index is 15.4. The van der Waals surface area contributed by atoms with Gasteiger partial charge in [0.25, 0.3) is 11.8 Å². The fourth-order valence-electron chi connectivity index (χ4n) is 9.66. The Bertz CT molecular complexity index is 2330. The summed E-state index contributed by atoms with van der Waals surface area (Å²) in [5, 5.41) is 11.6. The third-order valence-electron chi connectivity index (χ3n) is 12.1. The Balaban J connectivity index is 1.20. The molecule has 0 radical (unpaired) electrons. The molecule has 6 unspecified atom stereocenters. The minimum absolute atomic E-state index is 0.0718. The number of hydrazine groups is 1. The largest absolute Gasteiger partial charge is 0.508 e. The van der Waals surface area contributed by atoms with E-state index < -0.39 is 46.8 Å². The molecule has 2 N–H and O–H groups in total. The second-order valence-electron chi connectivity index (χ2n) is 15.0. The lowest BCUT2D eigenvalue weighted by atomic mass is 9.48. The summed E-state index contributed by atoms with van der Waals surface area (Å²) in [5.41, 5.74) is 7.09. The zero-order valence-electron chi connectivity index (χ0n) is 29.7. The predicted molar refractivity (Wildman–Crippen MR) is 199 cm³/mol. The number of carbonyl (C=O) groups is 5. The van der Waals surface area contributed by atoms with E-state index in [4.69, 9.17) is 4.74 Å². The Kier molecular flexibility index (Phi) is 7.70. The molecule has 4 aromatic rings. The number of phenolic OH excluding ortho intramolecular Hbond substituents is 1. The number of aromatic hydroxyl groups is 1. The minimum atomic E-state index is -1.43. The van der Waals surface area contributed by atoms with Crippen molar-refractivity contribution in [3.63, 3.8) is 0 Å². The van der Waals surface area contributed by atoms with Gasteiger partial charge in [0, 0.05) is 23.5 Å². The van der Waals surface area contributed by atoms with E-state index in [0.717, 1.165) is 27.3 Å². The van der Waals surface area contributed by atoms with Crippen molar-refractivity contribution < 1.29 is 33.8 Å². The molecule has 9 rings (SSSR count). The highest BCUT2D eigenvalue weighted by Crippen LogP contribution is 2.63. The minimum Gasteiger partial charge on any atom is -0.508 e. The topological polar surface area (TPSA) is 133 Å². The van der Waals surface area contributed by atoms with Crippen molar-refractivity contribution in [2.45, 2.75) is 38.5 Å². The number of nitrogens with one attached hydrogen (secondary N) is 1. The third kappa shape index (κ3) is 4.89. The van der Waals surface area contributed by atoms with E-state index in [1.807, 2.05) is 67.6 Å². The summed E-state index contributed by atoms with van der Waals surface area (Å²) in [4.78, 5) is 72.2. The van der Waals surface area contributed by atoms with Crippen LogP contribution in [-0.4, -0.2) is 39.5 Å². The van der Waals surface area contributed by atoms with Crippen LogP contribution in [0.25, 0.3) is 0 Å². The lowest BCUT2D eigenvalue weighted by molar-refractivity contribution is -0.139. The van der Waals surface area contributed by atoms with Crippen LogP contribution in [0.4, 0.5) is 11.4 Å². The van der Waals surface area contributed by atoms with Crippen molar-refractivity contribution in [1.82, 2.24) is 5.01 Å². The lowest BCUT2D eigenvalue weighted by Crippen LogP contribution is -2.55. The summed E-state index contributed by atoms with van der Waals surface area (Å²) < 4.78 is 6.20. The first-order valence-electron chi connectivity index (χ1n) is 18.2. The molecule has 10 heteroatoms. The summed E-state index contributed by atoms with van der Waals surface area (Å²) >= 11 is 0. The Hall–Kier alpha value is -6.29. The molecule has 0 bridgehead atoms. The van der Waals surface area contributed by atoms with Crippen LogP contribution in [0.2, 0.25) is 0 Å². The van der Waals surface area contributed by atoms with Crippen molar-refractivity contribution in [2.24, 2.45) is 29.6 Å². The Morgan fingerprint density at radius 3 is 2.33 bits per heavy atom. The molecule has 2 saturated heterocycles. The van der Waals surface area contributed by atoms with Gasteiger partial charge in [-0.2, -0.15) is 5.01 Å². The van der Waals surface area contributed by atoms with Gasteiger partial charge < -0.3 is 9.84 Å². The van der Waals surface area contributed by atoms with E-state index in [1.54, 1.807) is 48.7 Å². The van der Waals surface area contributed by atoms with E-state index in [0.29, 0.717) is 34.7 Å². The predicted octanol–water partition coefficient (Wildman–Crippen LogP) is 6.44. The second-order valence-corrected chi connectivity index (χ2v) is 15.0. The fraction of sp³-hybridized carbons (Fsp3) is 0.250. The lowest BCUT2D eigenvalue weighted by Gasteiger charge is -2.51. The van der Waals surface area contributed by atoms with Gasteiger partial charge in [-0.05, 0) is 98.3 Å². The van der Waals surface area contributed by atoms with Gasteiger partial charge >= 0.3 is 0 Å². The number of ketones is 1. The Morgan fingerprint density at radius 1 is 0.870 bits per heavy atom. The Morgan fingerprint density at radius 2 is 1.61 bits per heavy atom. The average molecular weight is 720 g/mol. The van der Waals surface area contributed by atoms with Gasteiger partial charge in [0.15, 0.2) is 5.78 Å². The zero-order chi connectivity index (χ0) is 37.5. The molecular formula is C44H37N3O7. The second kappa shape index (κ2) is 12.4. The average Bonchev–Trinajstić information content (AvgIpc) is 3.56. The third-order valence-corrected chi connectivity index (χ3v) is 12.1. The molecule has 6 atom stereocenters. The number of ether oxygens (including phenoxy) is 1. The van der Waals surface area contributed by atoms with Crippen LogP contribution in [0.1, 0.15) is 46.8 Å². The zero-order valence-corrected chi connectivity index (χ0v) is 29.7. The number of aryl methyl sites for hydroxylation is 1. The number of anilines is 2. The highest BCUT2D eigenvalue weighted by molar-refractivity contribution is 6.22. The number of nitrogens with zero attached hydrogens (tertiary/aromatic N) is 2. The standard InChI is InChI=1S/C44H37N3O7/c1-24-8-12-30(13-9-24)45-47-41(51)36-22-35-33(17-18-34-38(35)42(52)46(40(34)50)31-14-10-26(11-15-31)25(2)48)39(44(36,43(47)53)29-6-4-3-5-7-29)28-20-27-21-32(49)16-19-37(27)54-23-28/h3-17,19,21,23,34-36,38-39,45,49H,18,20,22H2,1-2H3. The normalized spacial score (nSPS) is 27.0. The number of carbonyl (C=O) groups excluding carboxylic acids is 5. The molecule has 5 aliphatic rings. The van der Waals surface area contributed by atoms with Gasteiger partial charge in [-0.25, -0.2) is 0 Å². The van der Waals surface area contributed by atoms with Crippen molar-refractivity contribution in [2.75, 3.05) is 10.3 Å². The molecule has 3 aliphatic heterocycles. The first kappa shape index (κ1) is 33.5. The summed E-state index contributed by atoms with van der Waals surface area (Å²) in [6.07, 6.45) is 4.42. The SMILES string of the molecule is CC(=O)c1ccc(N2C(=O)C3CC=C4C(CC5C(=O)N(Nc6ccc(C)cc6)C(=O)C5(c5ccccc5)C4C4=COc5ccc(O)cc5C4)C3C2=O)cc1. The van der Waals surface area contributed by atoms with Crippen LogP contribution in [0.5, 0.6) is 11.5 Å². The maximum Gasteiger partial charge on any atom is 0.260 e. The molecule has 4 aromatic carbocycles. The number of fused-ring (bicyclic) bond motifs is 5. The quantitative estimate of drug-likeness (QED) is 0.132.